The topological polar surface area (TPSA) is 38.0 Å². The van der Waals surface area contributed by atoms with E-state index in [1.165, 1.54) is 0 Å². The minimum atomic E-state index is -0.181. The normalized spacial score (nSPS) is 24.6. The molecule has 1 aliphatic heterocycles. The summed E-state index contributed by atoms with van der Waals surface area (Å²) in [7, 11) is 0. The molecule has 1 rings (SSSR count). The third-order valence-corrected chi connectivity index (χ3v) is 1.41. The first-order valence-electron chi connectivity index (χ1n) is 3.07. The lowest BCUT2D eigenvalue weighted by Crippen LogP contribution is -2.49. The van der Waals surface area contributed by atoms with Gasteiger partial charge in [-0.2, -0.15) is 0 Å². The van der Waals surface area contributed by atoms with Crippen molar-refractivity contribution in [1.82, 2.24) is 5.32 Å². The SMILES string of the molecule is CC(C)(N)C1C=C=CN1. The number of hydrogen-bond donors (Lipinski definition) is 2. The molecule has 1 heterocycles. The second kappa shape index (κ2) is 1.90. The Kier molecular flexibility index (Phi) is 1.35. The van der Waals surface area contributed by atoms with Crippen LogP contribution in [0.5, 0.6) is 0 Å². The lowest BCUT2D eigenvalue weighted by molar-refractivity contribution is 0.432. The zero-order valence-electron chi connectivity index (χ0n) is 5.81. The van der Waals surface area contributed by atoms with Gasteiger partial charge in [0, 0.05) is 11.7 Å². The summed E-state index contributed by atoms with van der Waals surface area (Å²) < 4.78 is 0. The average Bonchev–Trinajstić information content (AvgIpc) is 2.08. The lowest BCUT2D eigenvalue weighted by Gasteiger charge is -2.25. The van der Waals surface area contributed by atoms with Crippen molar-refractivity contribution in [1.29, 1.82) is 0 Å². The van der Waals surface area contributed by atoms with Gasteiger partial charge in [0.05, 0.1) is 6.04 Å². The van der Waals surface area contributed by atoms with Crippen molar-refractivity contribution < 1.29 is 0 Å². The zero-order chi connectivity index (χ0) is 6.91. The van der Waals surface area contributed by atoms with Crippen LogP contribution in [0.4, 0.5) is 0 Å². The smallest absolute Gasteiger partial charge is 0.0693 e. The summed E-state index contributed by atoms with van der Waals surface area (Å²) in [6.45, 7) is 3.98. The Morgan fingerprint density at radius 3 is 2.56 bits per heavy atom. The first-order valence-corrected chi connectivity index (χ1v) is 3.07. The van der Waals surface area contributed by atoms with Crippen molar-refractivity contribution in [3.63, 3.8) is 0 Å². The monoisotopic (exact) mass is 124 g/mol. The largest absolute Gasteiger partial charge is 0.376 e. The van der Waals surface area contributed by atoms with Crippen molar-refractivity contribution in [2.45, 2.75) is 25.4 Å². The first-order chi connectivity index (χ1) is 4.11. The van der Waals surface area contributed by atoms with Crippen LogP contribution in [-0.4, -0.2) is 11.6 Å². The van der Waals surface area contributed by atoms with Gasteiger partial charge in [-0.1, -0.05) is 0 Å². The molecule has 0 saturated carbocycles. The molecular weight excluding hydrogens is 112 g/mol. The Bertz CT molecular complexity index is 158. The van der Waals surface area contributed by atoms with Gasteiger partial charge in [-0.05, 0) is 19.9 Å². The second-order valence-electron chi connectivity index (χ2n) is 2.94. The summed E-state index contributed by atoms with van der Waals surface area (Å²) in [5.74, 6) is 0. The lowest BCUT2D eigenvalue weighted by atomic mass is 9.97. The second-order valence-corrected chi connectivity index (χ2v) is 2.94. The Balaban J connectivity index is 2.57. The maximum Gasteiger partial charge on any atom is 0.0693 e. The molecule has 0 amide bonds. The summed E-state index contributed by atoms with van der Waals surface area (Å²) in [6.07, 6.45) is 3.74. The summed E-state index contributed by atoms with van der Waals surface area (Å²) in [5, 5.41) is 3.08. The summed E-state index contributed by atoms with van der Waals surface area (Å²) in [4.78, 5) is 0. The van der Waals surface area contributed by atoms with Crippen molar-refractivity contribution in [3.8, 4) is 0 Å². The molecule has 0 fully saturated rings. The molecule has 0 spiro atoms. The van der Waals surface area contributed by atoms with E-state index in [9.17, 15) is 0 Å². The van der Waals surface area contributed by atoms with E-state index in [1.54, 1.807) is 6.20 Å². The molecule has 0 radical (unpaired) electrons. The summed E-state index contributed by atoms with van der Waals surface area (Å²) in [5.41, 5.74) is 8.54. The first kappa shape index (κ1) is 6.40. The van der Waals surface area contributed by atoms with Crippen molar-refractivity contribution in [2.75, 3.05) is 0 Å². The van der Waals surface area contributed by atoms with Crippen molar-refractivity contribution in [3.05, 3.63) is 18.0 Å². The van der Waals surface area contributed by atoms with Crippen LogP contribution in [0.1, 0.15) is 13.8 Å². The van der Waals surface area contributed by atoms with Gasteiger partial charge in [-0.15, -0.1) is 5.73 Å². The number of nitrogens with one attached hydrogen (secondary N) is 1. The molecule has 1 aliphatic rings. The third kappa shape index (κ3) is 1.35. The van der Waals surface area contributed by atoms with E-state index in [-0.39, 0.29) is 11.6 Å². The quantitative estimate of drug-likeness (QED) is 0.495. The highest BCUT2D eigenvalue weighted by molar-refractivity contribution is 5.10. The molecule has 0 aliphatic carbocycles. The minimum absolute atomic E-state index is 0.181. The predicted molar refractivity (Wildman–Crippen MR) is 37.8 cm³/mol. The summed E-state index contributed by atoms with van der Waals surface area (Å²) >= 11 is 0. The van der Waals surface area contributed by atoms with E-state index >= 15 is 0 Å². The van der Waals surface area contributed by atoms with Gasteiger partial charge in [0.25, 0.3) is 0 Å². The van der Waals surface area contributed by atoms with Gasteiger partial charge in [0.15, 0.2) is 0 Å². The Labute approximate surface area is 55.4 Å². The van der Waals surface area contributed by atoms with Gasteiger partial charge in [-0.3, -0.25) is 0 Å². The Morgan fingerprint density at radius 2 is 2.33 bits per heavy atom. The van der Waals surface area contributed by atoms with Gasteiger partial charge >= 0.3 is 0 Å². The van der Waals surface area contributed by atoms with Crippen molar-refractivity contribution >= 4 is 0 Å². The molecular formula is C7H12N2. The number of rotatable bonds is 1. The maximum atomic E-state index is 5.79. The van der Waals surface area contributed by atoms with Crippen LogP contribution < -0.4 is 11.1 Å². The van der Waals surface area contributed by atoms with Crippen LogP contribution in [0.2, 0.25) is 0 Å². The van der Waals surface area contributed by atoms with Crippen molar-refractivity contribution in [2.24, 2.45) is 5.73 Å². The van der Waals surface area contributed by atoms with E-state index in [1.807, 2.05) is 19.9 Å². The molecule has 0 aromatic rings. The van der Waals surface area contributed by atoms with E-state index in [0.29, 0.717) is 0 Å². The molecule has 2 nitrogen and oxygen atoms in total. The molecule has 0 saturated heterocycles. The fourth-order valence-corrected chi connectivity index (χ4v) is 0.760. The molecule has 1 unspecified atom stereocenters. The fourth-order valence-electron chi connectivity index (χ4n) is 0.760. The minimum Gasteiger partial charge on any atom is -0.376 e. The highest BCUT2D eigenvalue weighted by Crippen LogP contribution is 2.07. The van der Waals surface area contributed by atoms with Gasteiger partial charge in [0.2, 0.25) is 0 Å². The van der Waals surface area contributed by atoms with E-state index < -0.39 is 0 Å². The summed E-state index contributed by atoms with van der Waals surface area (Å²) in [6, 6.07) is 0.248. The van der Waals surface area contributed by atoms with Crippen LogP contribution in [0.3, 0.4) is 0 Å². The van der Waals surface area contributed by atoms with Gasteiger partial charge in [-0.25, -0.2) is 0 Å². The molecule has 9 heavy (non-hydrogen) atoms. The molecule has 0 aromatic carbocycles. The molecule has 0 bridgehead atoms. The highest BCUT2D eigenvalue weighted by atomic mass is 15.0. The van der Waals surface area contributed by atoms with Crippen LogP contribution in [0, 0.1) is 0 Å². The fraction of sp³-hybridized carbons (Fsp3) is 0.571. The standard InChI is InChI=1S/C7H12N2/c1-7(2,8)6-4-3-5-9-6/h4-6,9H,8H2,1-2H3. The van der Waals surface area contributed by atoms with E-state index in [4.69, 9.17) is 5.73 Å². The number of hydrogen-bond acceptors (Lipinski definition) is 2. The molecule has 3 N–H and O–H groups in total. The highest BCUT2D eigenvalue weighted by Gasteiger charge is 2.22. The zero-order valence-corrected chi connectivity index (χ0v) is 5.81. The maximum absolute atomic E-state index is 5.79. The van der Waals surface area contributed by atoms with E-state index in [2.05, 4.69) is 11.0 Å². The average molecular weight is 124 g/mol. The van der Waals surface area contributed by atoms with Crippen LogP contribution >= 0.6 is 0 Å². The molecule has 2 heteroatoms. The predicted octanol–water partition coefficient (Wildman–Crippen LogP) is 0.364. The molecule has 0 aromatic heterocycles. The molecule has 50 valence electrons. The Morgan fingerprint density at radius 1 is 1.67 bits per heavy atom. The Hall–Kier alpha value is -0.720. The van der Waals surface area contributed by atoms with Crippen LogP contribution in [0.15, 0.2) is 18.0 Å². The van der Waals surface area contributed by atoms with Gasteiger partial charge < -0.3 is 11.1 Å². The van der Waals surface area contributed by atoms with Gasteiger partial charge in [0.1, 0.15) is 0 Å². The van der Waals surface area contributed by atoms with Crippen LogP contribution in [-0.2, 0) is 0 Å². The third-order valence-electron chi connectivity index (χ3n) is 1.41. The number of nitrogens with two attached hydrogens (primary N) is 1. The molecule has 1 atom stereocenters. The van der Waals surface area contributed by atoms with E-state index in [0.717, 1.165) is 0 Å². The van der Waals surface area contributed by atoms with Crippen LogP contribution in [0.25, 0.3) is 0 Å².